The smallest absolute Gasteiger partial charge is 0.262 e. The number of sulfonamides is 1. The Hall–Kier alpha value is -0.590. The Kier molecular flexibility index (Phi) is 5.68. The van der Waals surface area contributed by atoms with Crippen LogP contribution in [0.15, 0.2) is 11.2 Å². The van der Waals surface area contributed by atoms with Crippen molar-refractivity contribution in [2.75, 3.05) is 12.4 Å². The zero-order valence-electron chi connectivity index (χ0n) is 12.8. The van der Waals surface area contributed by atoms with Crippen LogP contribution in [0.2, 0.25) is 0 Å². The van der Waals surface area contributed by atoms with Crippen LogP contribution in [0.3, 0.4) is 0 Å². The van der Waals surface area contributed by atoms with Gasteiger partial charge in [0, 0.05) is 31.2 Å². The second kappa shape index (κ2) is 7.11. The summed E-state index contributed by atoms with van der Waals surface area (Å²) in [6, 6.07) is 0.0119. The summed E-state index contributed by atoms with van der Waals surface area (Å²) in [5.74, 6) is 1.24. The molecule has 1 aromatic heterocycles. The SMILES string of the molecule is CCCn1cc(S(=O)(=O)N2CCCCC2CCCl)nc1C. The molecule has 2 rings (SSSR count). The van der Waals surface area contributed by atoms with Gasteiger partial charge in [0.1, 0.15) is 5.82 Å². The minimum atomic E-state index is -3.51. The largest absolute Gasteiger partial charge is 0.334 e. The molecule has 7 heteroatoms. The molecule has 0 N–H and O–H groups in total. The van der Waals surface area contributed by atoms with Crippen LogP contribution in [-0.4, -0.2) is 40.7 Å². The van der Waals surface area contributed by atoms with Crippen LogP contribution in [0.1, 0.15) is 44.9 Å². The second-order valence-corrected chi connectivity index (χ2v) is 7.78. The summed E-state index contributed by atoms with van der Waals surface area (Å²) in [6.45, 7) is 5.28. The molecule has 1 saturated heterocycles. The fourth-order valence-electron chi connectivity index (χ4n) is 2.90. The fourth-order valence-corrected chi connectivity index (χ4v) is 4.87. The van der Waals surface area contributed by atoms with E-state index in [1.807, 2.05) is 11.5 Å². The van der Waals surface area contributed by atoms with Crippen molar-refractivity contribution >= 4 is 21.6 Å². The van der Waals surface area contributed by atoms with Crippen molar-refractivity contribution in [1.82, 2.24) is 13.9 Å². The third kappa shape index (κ3) is 3.60. The number of rotatable bonds is 6. The van der Waals surface area contributed by atoms with Crippen LogP contribution in [-0.2, 0) is 16.6 Å². The monoisotopic (exact) mass is 333 g/mol. The van der Waals surface area contributed by atoms with E-state index in [1.165, 1.54) is 0 Å². The number of hydrogen-bond acceptors (Lipinski definition) is 3. The fraction of sp³-hybridized carbons (Fsp3) is 0.786. The molecule has 1 aromatic rings. The van der Waals surface area contributed by atoms with E-state index in [0.717, 1.165) is 38.1 Å². The maximum atomic E-state index is 12.8. The van der Waals surface area contributed by atoms with Gasteiger partial charge in [0.2, 0.25) is 0 Å². The molecular weight excluding hydrogens is 310 g/mol. The lowest BCUT2D eigenvalue weighted by Crippen LogP contribution is -2.44. The van der Waals surface area contributed by atoms with Crippen molar-refractivity contribution in [2.24, 2.45) is 0 Å². The van der Waals surface area contributed by atoms with Gasteiger partial charge in [0.15, 0.2) is 5.03 Å². The molecule has 0 saturated carbocycles. The number of aromatic nitrogens is 2. The third-order valence-electron chi connectivity index (χ3n) is 4.01. The molecule has 0 bridgehead atoms. The van der Waals surface area contributed by atoms with Crippen molar-refractivity contribution in [2.45, 2.75) is 63.6 Å². The molecule has 5 nitrogen and oxygen atoms in total. The molecule has 1 fully saturated rings. The van der Waals surface area contributed by atoms with Gasteiger partial charge in [-0.15, -0.1) is 11.6 Å². The van der Waals surface area contributed by atoms with Gasteiger partial charge in [-0.1, -0.05) is 13.3 Å². The van der Waals surface area contributed by atoms with Gasteiger partial charge in [0.25, 0.3) is 10.0 Å². The normalized spacial score (nSPS) is 20.8. The quantitative estimate of drug-likeness (QED) is 0.752. The summed E-state index contributed by atoms with van der Waals surface area (Å²) >= 11 is 5.83. The number of hydrogen-bond donors (Lipinski definition) is 0. The van der Waals surface area contributed by atoms with Crippen LogP contribution in [0, 0.1) is 6.92 Å². The maximum Gasteiger partial charge on any atom is 0.262 e. The van der Waals surface area contributed by atoms with Gasteiger partial charge >= 0.3 is 0 Å². The van der Waals surface area contributed by atoms with Gasteiger partial charge in [0.05, 0.1) is 0 Å². The van der Waals surface area contributed by atoms with E-state index in [9.17, 15) is 8.42 Å². The summed E-state index contributed by atoms with van der Waals surface area (Å²) in [7, 11) is -3.51. The predicted molar refractivity (Wildman–Crippen MR) is 84.1 cm³/mol. The third-order valence-corrected chi connectivity index (χ3v) is 6.05. The second-order valence-electron chi connectivity index (χ2n) is 5.56. The Morgan fingerprint density at radius 3 is 2.86 bits per heavy atom. The van der Waals surface area contributed by atoms with E-state index in [1.54, 1.807) is 10.5 Å². The molecule has 0 spiro atoms. The van der Waals surface area contributed by atoms with E-state index in [0.29, 0.717) is 18.8 Å². The molecule has 0 amide bonds. The lowest BCUT2D eigenvalue weighted by atomic mass is 10.0. The highest BCUT2D eigenvalue weighted by Gasteiger charge is 2.34. The average Bonchev–Trinajstić information content (AvgIpc) is 2.82. The van der Waals surface area contributed by atoms with Gasteiger partial charge in [-0.2, -0.15) is 4.31 Å². The summed E-state index contributed by atoms with van der Waals surface area (Å²) < 4.78 is 29.2. The molecule has 0 radical (unpaired) electrons. The van der Waals surface area contributed by atoms with Crippen molar-refractivity contribution in [1.29, 1.82) is 0 Å². The number of imidazole rings is 1. The molecule has 120 valence electrons. The summed E-state index contributed by atoms with van der Waals surface area (Å²) in [5, 5.41) is 0.176. The van der Waals surface area contributed by atoms with Crippen molar-refractivity contribution in [3.8, 4) is 0 Å². The van der Waals surface area contributed by atoms with Gasteiger partial charge in [-0.3, -0.25) is 0 Å². The summed E-state index contributed by atoms with van der Waals surface area (Å²) in [5.41, 5.74) is 0. The minimum Gasteiger partial charge on any atom is -0.334 e. The highest BCUT2D eigenvalue weighted by molar-refractivity contribution is 7.89. The van der Waals surface area contributed by atoms with Crippen LogP contribution < -0.4 is 0 Å². The molecule has 1 unspecified atom stereocenters. The molecule has 21 heavy (non-hydrogen) atoms. The van der Waals surface area contributed by atoms with E-state index >= 15 is 0 Å². The first-order valence-corrected chi connectivity index (χ1v) is 9.59. The van der Waals surface area contributed by atoms with Crippen LogP contribution in [0.25, 0.3) is 0 Å². The van der Waals surface area contributed by atoms with Crippen molar-refractivity contribution in [3.63, 3.8) is 0 Å². The minimum absolute atomic E-state index is 0.0119. The van der Waals surface area contributed by atoms with Crippen LogP contribution >= 0.6 is 11.6 Å². The Morgan fingerprint density at radius 1 is 1.43 bits per heavy atom. The topological polar surface area (TPSA) is 55.2 Å². The molecule has 0 aromatic carbocycles. The Morgan fingerprint density at radius 2 is 2.19 bits per heavy atom. The zero-order valence-corrected chi connectivity index (χ0v) is 14.3. The van der Waals surface area contributed by atoms with Gasteiger partial charge in [-0.25, -0.2) is 13.4 Å². The number of alkyl halides is 1. The highest BCUT2D eigenvalue weighted by Crippen LogP contribution is 2.27. The number of piperidine rings is 1. The molecule has 0 aliphatic carbocycles. The van der Waals surface area contributed by atoms with Crippen LogP contribution in [0.4, 0.5) is 0 Å². The lowest BCUT2D eigenvalue weighted by Gasteiger charge is -2.33. The number of nitrogens with zero attached hydrogens (tertiary/aromatic N) is 3. The lowest BCUT2D eigenvalue weighted by molar-refractivity contribution is 0.247. The van der Waals surface area contributed by atoms with Crippen molar-refractivity contribution < 1.29 is 8.42 Å². The predicted octanol–water partition coefficient (Wildman–Crippen LogP) is 2.77. The van der Waals surface area contributed by atoms with E-state index in [4.69, 9.17) is 11.6 Å². The Balaban J connectivity index is 2.29. The van der Waals surface area contributed by atoms with E-state index in [2.05, 4.69) is 11.9 Å². The first kappa shape index (κ1) is 16.8. The van der Waals surface area contributed by atoms with Crippen molar-refractivity contribution in [3.05, 3.63) is 12.0 Å². The molecule has 1 aliphatic rings. The number of aryl methyl sites for hydroxylation is 2. The molecule has 2 heterocycles. The molecular formula is C14H24ClN3O2S. The molecule has 1 atom stereocenters. The maximum absolute atomic E-state index is 12.8. The van der Waals surface area contributed by atoms with Crippen LogP contribution in [0.5, 0.6) is 0 Å². The highest BCUT2D eigenvalue weighted by atomic mass is 35.5. The molecule has 1 aliphatic heterocycles. The standard InChI is InChI=1S/C14H24ClN3O2S/c1-3-9-17-11-14(16-12(17)2)21(19,20)18-10-5-4-6-13(18)7-8-15/h11,13H,3-10H2,1-2H3. The Labute approximate surface area is 132 Å². The zero-order chi connectivity index (χ0) is 15.5. The summed E-state index contributed by atoms with van der Waals surface area (Å²) in [6.07, 6.45) is 6.19. The first-order valence-electron chi connectivity index (χ1n) is 7.62. The van der Waals surface area contributed by atoms with E-state index in [-0.39, 0.29) is 11.1 Å². The summed E-state index contributed by atoms with van der Waals surface area (Å²) in [4.78, 5) is 4.27. The Bertz CT molecular complexity index is 569. The average molecular weight is 334 g/mol. The number of halogens is 1. The first-order chi connectivity index (χ1) is 10.0. The van der Waals surface area contributed by atoms with Gasteiger partial charge < -0.3 is 4.57 Å². The van der Waals surface area contributed by atoms with E-state index < -0.39 is 10.0 Å². The van der Waals surface area contributed by atoms with Gasteiger partial charge in [-0.05, 0) is 32.6 Å².